The van der Waals surface area contributed by atoms with Crippen molar-refractivity contribution in [2.75, 3.05) is 0 Å². The molecular weight excluding hydrogens is 398 g/mol. The van der Waals surface area contributed by atoms with E-state index in [0.717, 1.165) is 22.4 Å². The number of rotatable bonds is 4. The quantitative estimate of drug-likeness (QED) is 0.665. The minimum Gasteiger partial charge on any atom is -0.305 e. The molecule has 154 valence electrons. The van der Waals surface area contributed by atoms with Crippen LogP contribution in [0.4, 0.5) is 0 Å². The summed E-state index contributed by atoms with van der Waals surface area (Å²) >= 11 is 0. The summed E-state index contributed by atoms with van der Waals surface area (Å²) in [6, 6.07) is 11.1. The fraction of sp³-hybridized carbons (Fsp3) is 0.273. The molecule has 1 atom stereocenters. The van der Waals surface area contributed by atoms with Crippen molar-refractivity contribution >= 4 is 15.8 Å². The third-order valence-corrected chi connectivity index (χ3v) is 6.64. The van der Waals surface area contributed by atoms with E-state index in [2.05, 4.69) is 41.8 Å². The van der Waals surface area contributed by atoms with Gasteiger partial charge in [-0.1, -0.05) is 32.9 Å². The second-order valence-corrected chi connectivity index (χ2v) is 10.1. The summed E-state index contributed by atoms with van der Waals surface area (Å²) in [6.07, 6.45) is 7.45. The number of aromatic amines is 1. The van der Waals surface area contributed by atoms with E-state index in [-0.39, 0.29) is 16.2 Å². The van der Waals surface area contributed by atoms with Gasteiger partial charge in [-0.2, -0.15) is 10.4 Å². The molecule has 3 heterocycles. The lowest BCUT2D eigenvalue weighted by atomic mass is 9.87. The van der Waals surface area contributed by atoms with Crippen LogP contribution in [-0.4, -0.2) is 23.2 Å². The van der Waals surface area contributed by atoms with Crippen LogP contribution in [0.5, 0.6) is 0 Å². The Bertz CT molecular complexity index is 1240. The molecule has 2 aromatic heterocycles. The van der Waals surface area contributed by atoms with Gasteiger partial charge in [0.1, 0.15) is 5.82 Å². The highest BCUT2D eigenvalue weighted by atomic mass is 32.2. The van der Waals surface area contributed by atoms with E-state index in [1.54, 1.807) is 35.2 Å². The SMILES string of the molecule is CC(C)(C)c1ccc(S(=O)(=O)NC2=CCC(C#N)c3cc(-c4cn[nH]c4)cn32)cc1. The number of nitrogens with one attached hydrogen (secondary N) is 2. The Hall–Kier alpha value is -3.31. The molecule has 0 saturated carbocycles. The van der Waals surface area contributed by atoms with Crippen LogP contribution in [0.15, 0.2) is 59.9 Å². The number of hydrogen-bond donors (Lipinski definition) is 2. The number of hydrogen-bond acceptors (Lipinski definition) is 4. The van der Waals surface area contributed by atoms with Crippen molar-refractivity contribution < 1.29 is 8.42 Å². The molecule has 1 aromatic carbocycles. The number of fused-ring (bicyclic) bond motifs is 1. The fourth-order valence-corrected chi connectivity index (χ4v) is 4.58. The Kier molecular flexibility index (Phi) is 4.79. The van der Waals surface area contributed by atoms with Gasteiger partial charge < -0.3 is 4.57 Å². The largest absolute Gasteiger partial charge is 0.305 e. The van der Waals surface area contributed by atoms with Crippen molar-refractivity contribution in [2.24, 2.45) is 0 Å². The Labute approximate surface area is 176 Å². The lowest BCUT2D eigenvalue weighted by Gasteiger charge is -2.22. The van der Waals surface area contributed by atoms with Gasteiger partial charge in [-0.3, -0.25) is 9.82 Å². The summed E-state index contributed by atoms with van der Waals surface area (Å²) < 4.78 is 30.5. The van der Waals surface area contributed by atoms with Crippen LogP contribution in [0.2, 0.25) is 0 Å². The van der Waals surface area contributed by atoms with E-state index >= 15 is 0 Å². The molecule has 1 aliphatic heterocycles. The molecule has 0 radical (unpaired) electrons. The first-order valence-electron chi connectivity index (χ1n) is 9.64. The molecule has 7 nitrogen and oxygen atoms in total. The maximum atomic E-state index is 13.0. The lowest BCUT2D eigenvalue weighted by molar-refractivity contribution is 0.583. The molecule has 30 heavy (non-hydrogen) atoms. The zero-order chi connectivity index (χ0) is 21.5. The van der Waals surface area contributed by atoms with Crippen molar-refractivity contribution in [1.82, 2.24) is 19.5 Å². The Morgan fingerprint density at radius 1 is 1.23 bits per heavy atom. The van der Waals surface area contributed by atoms with E-state index in [1.807, 2.05) is 24.4 Å². The van der Waals surface area contributed by atoms with Crippen LogP contribution in [0.3, 0.4) is 0 Å². The number of aromatic nitrogens is 3. The maximum Gasteiger partial charge on any atom is 0.262 e. The van der Waals surface area contributed by atoms with Crippen molar-refractivity contribution in [3.8, 4) is 17.2 Å². The van der Waals surface area contributed by atoms with Crippen molar-refractivity contribution in [3.63, 3.8) is 0 Å². The molecular formula is C22H23N5O2S. The monoisotopic (exact) mass is 421 g/mol. The molecule has 0 amide bonds. The molecule has 0 spiro atoms. The van der Waals surface area contributed by atoms with Gasteiger partial charge in [0.05, 0.1) is 23.1 Å². The first-order valence-corrected chi connectivity index (χ1v) is 11.1. The minimum atomic E-state index is -3.77. The Morgan fingerprint density at radius 3 is 2.57 bits per heavy atom. The zero-order valence-electron chi connectivity index (χ0n) is 17.0. The molecule has 1 unspecified atom stereocenters. The zero-order valence-corrected chi connectivity index (χ0v) is 17.9. The van der Waals surface area contributed by atoms with Gasteiger partial charge in [0.2, 0.25) is 0 Å². The smallest absolute Gasteiger partial charge is 0.262 e. The topological polar surface area (TPSA) is 104 Å². The van der Waals surface area contributed by atoms with E-state index in [0.29, 0.717) is 12.2 Å². The van der Waals surface area contributed by atoms with Gasteiger partial charge in [0.15, 0.2) is 0 Å². The van der Waals surface area contributed by atoms with E-state index < -0.39 is 10.0 Å². The summed E-state index contributed by atoms with van der Waals surface area (Å²) in [5, 5.41) is 16.2. The fourth-order valence-electron chi connectivity index (χ4n) is 3.51. The van der Waals surface area contributed by atoms with Crippen molar-refractivity contribution in [3.05, 3.63) is 66.3 Å². The molecule has 2 N–H and O–H groups in total. The summed E-state index contributed by atoms with van der Waals surface area (Å²) in [7, 11) is -3.77. The number of sulfonamides is 1. The van der Waals surface area contributed by atoms with Crippen molar-refractivity contribution in [1.29, 1.82) is 5.26 Å². The Balaban J connectivity index is 1.67. The maximum absolute atomic E-state index is 13.0. The predicted octanol–water partition coefficient (Wildman–Crippen LogP) is 3.96. The third kappa shape index (κ3) is 3.64. The summed E-state index contributed by atoms with van der Waals surface area (Å²) in [5.74, 6) is 0.0797. The molecule has 0 bridgehead atoms. The standard InChI is InChI=1S/C22H23N5O2S/c1-22(2,3)18-5-7-19(8-6-18)30(28,29)26-21-9-4-15(11-23)20-10-16(14-27(20)21)17-12-24-25-13-17/h5-10,12-15,26H,4H2,1-3H3,(H,24,25). The van der Waals surface area contributed by atoms with Crippen LogP contribution < -0.4 is 4.72 Å². The normalized spacial score (nSPS) is 16.5. The van der Waals surface area contributed by atoms with Gasteiger partial charge in [-0.05, 0) is 41.7 Å². The van der Waals surface area contributed by atoms with Crippen molar-refractivity contribution in [2.45, 2.75) is 43.4 Å². The Morgan fingerprint density at radius 2 is 1.97 bits per heavy atom. The van der Waals surface area contributed by atoms with Crippen LogP contribution >= 0.6 is 0 Å². The number of allylic oxidation sites excluding steroid dienone is 1. The van der Waals surface area contributed by atoms with Gasteiger partial charge in [-0.15, -0.1) is 0 Å². The van der Waals surface area contributed by atoms with Crippen LogP contribution in [0, 0.1) is 11.3 Å². The first kappa shape index (κ1) is 20.0. The van der Waals surface area contributed by atoms with E-state index in [1.165, 1.54) is 0 Å². The highest BCUT2D eigenvalue weighted by Crippen LogP contribution is 2.33. The van der Waals surface area contributed by atoms with E-state index in [4.69, 9.17) is 0 Å². The predicted molar refractivity (Wildman–Crippen MR) is 115 cm³/mol. The number of benzene rings is 1. The van der Waals surface area contributed by atoms with Gasteiger partial charge >= 0.3 is 0 Å². The average Bonchev–Trinajstić information content (AvgIpc) is 3.37. The third-order valence-electron chi connectivity index (χ3n) is 5.27. The molecule has 0 saturated heterocycles. The molecule has 3 aromatic rings. The van der Waals surface area contributed by atoms with Crippen LogP contribution in [0.25, 0.3) is 16.9 Å². The molecule has 8 heteroatoms. The van der Waals surface area contributed by atoms with Gasteiger partial charge in [-0.25, -0.2) is 8.42 Å². The molecule has 1 aliphatic rings. The molecule has 0 fully saturated rings. The summed E-state index contributed by atoms with van der Waals surface area (Å²) in [6.45, 7) is 6.25. The number of H-pyrrole nitrogens is 1. The number of nitriles is 1. The van der Waals surface area contributed by atoms with E-state index in [9.17, 15) is 13.7 Å². The highest BCUT2D eigenvalue weighted by molar-refractivity contribution is 7.89. The highest BCUT2D eigenvalue weighted by Gasteiger charge is 2.26. The summed E-state index contributed by atoms with van der Waals surface area (Å²) in [4.78, 5) is 0.197. The minimum absolute atomic E-state index is 0.0581. The summed E-state index contributed by atoms with van der Waals surface area (Å²) in [5.41, 5.74) is 3.48. The second kappa shape index (κ2) is 7.18. The molecule has 4 rings (SSSR count). The second-order valence-electron chi connectivity index (χ2n) is 8.40. The van der Waals surface area contributed by atoms with Gasteiger partial charge in [0, 0.05) is 29.2 Å². The average molecular weight is 422 g/mol. The number of nitrogens with zero attached hydrogens (tertiary/aromatic N) is 3. The molecule has 0 aliphatic carbocycles. The first-order chi connectivity index (χ1) is 14.2. The van der Waals surface area contributed by atoms with Crippen LogP contribution in [-0.2, 0) is 15.4 Å². The van der Waals surface area contributed by atoms with Crippen LogP contribution in [0.1, 0.15) is 44.4 Å². The van der Waals surface area contributed by atoms with Gasteiger partial charge in [0.25, 0.3) is 10.0 Å². The lowest BCUT2D eigenvalue weighted by Crippen LogP contribution is -2.28.